The number of aliphatic hydroxyl groups is 1. The second kappa shape index (κ2) is 15.2. The smallest absolute Gasteiger partial charge is 0.407 e. The zero-order valence-corrected chi connectivity index (χ0v) is 25.8. The van der Waals surface area contributed by atoms with Crippen LogP contribution in [0.15, 0.2) is 72.8 Å². The molecule has 0 radical (unpaired) electrons. The summed E-state index contributed by atoms with van der Waals surface area (Å²) >= 11 is 0. The first-order valence-corrected chi connectivity index (χ1v) is 15.5. The van der Waals surface area contributed by atoms with Crippen molar-refractivity contribution in [2.75, 3.05) is 25.6 Å². The van der Waals surface area contributed by atoms with E-state index in [4.69, 9.17) is 24.7 Å². The van der Waals surface area contributed by atoms with E-state index in [9.17, 15) is 14.7 Å². The molecule has 2 fully saturated rings. The third-order valence-corrected chi connectivity index (χ3v) is 8.52. The van der Waals surface area contributed by atoms with E-state index in [2.05, 4.69) is 10.6 Å². The van der Waals surface area contributed by atoms with Crippen LogP contribution < -0.4 is 21.1 Å². The highest BCUT2D eigenvalue weighted by molar-refractivity contribution is 5.78. The lowest BCUT2D eigenvalue weighted by molar-refractivity contribution is -0.124. The fraction of sp³-hybridized carbons (Fsp3) is 0.429. The van der Waals surface area contributed by atoms with Crippen LogP contribution in [0, 0.1) is 19.8 Å². The first-order chi connectivity index (χ1) is 21.8. The van der Waals surface area contributed by atoms with Gasteiger partial charge in [-0.2, -0.15) is 0 Å². The molecule has 6 atom stereocenters. The van der Waals surface area contributed by atoms with Gasteiger partial charge in [0.2, 0.25) is 0 Å². The lowest BCUT2D eigenvalue weighted by Crippen LogP contribution is -2.50. The van der Waals surface area contributed by atoms with E-state index < -0.39 is 30.4 Å². The number of nitrogen functional groups attached to an aromatic ring is 1. The van der Waals surface area contributed by atoms with E-state index in [1.807, 2.05) is 86.6 Å². The number of nitrogens with one attached hydrogen (secondary N) is 2. The zero-order chi connectivity index (χ0) is 31.8. The van der Waals surface area contributed by atoms with E-state index >= 15 is 0 Å². The van der Waals surface area contributed by atoms with Crippen LogP contribution in [0.5, 0.6) is 5.75 Å². The summed E-state index contributed by atoms with van der Waals surface area (Å²) in [6, 6.07) is 21.9. The van der Waals surface area contributed by atoms with Gasteiger partial charge in [0, 0.05) is 17.3 Å². The van der Waals surface area contributed by atoms with Crippen molar-refractivity contribution in [2.24, 2.45) is 5.92 Å². The molecular weight excluding hydrogens is 574 g/mol. The predicted octanol–water partition coefficient (Wildman–Crippen LogP) is 3.84. The van der Waals surface area contributed by atoms with Crippen LogP contribution in [-0.4, -0.2) is 67.5 Å². The first kappa shape index (κ1) is 32.3. The second-order valence-electron chi connectivity index (χ2n) is 11.9. The zero-order valence-electron chi connectivity index (χ0n) is 25.8. The molecule has 2 saturated heterocycles. The molecule has 45 heavy (non-hydrogen) atoms. The number of carbonyl (C=O) groups is 2. The summed E-state index contributed by atoms with van der Waals surface area (Å²) in [5, 5.41) is 17.5. The molecule has 2 aliphatic rings. The highest BCUT2D eigenvalue weighted by Gasteiger charge is 2.44. The summed E-state index contributed by atoms with van der Waals surface area (Å²) < 4.78 is 22.8. The van der Waals surface area contributed by atoms with E-state index in [1.165, 1.54) is 0 Å². The van der Waals surface area contributed by atoms with Crippen LogP contribution in [-0.2, 0) is 31.8 Å². The van der Waals surface area contributed by atoms with Gasteiger partial charge >= 0.3 is 6.09 Å². The standard InChI is InChI=1S/C35H43N3O7/c1-22-13-14-28(36)23(2)33(22)43-21-32(40)37-26(17-24-9-5-3-6-10-24)19-30(39)29(18-25-11-7-4-8-12-25)38-35(41)45-31-20-44-34-27(31)15-16-42-34/h3-14,26-27,29-31,34,39H,15-21,36H2,1-2H3,(H,37,40)(H,38,41)/t26-,27?,29-,30-,31-,34?/m0/s1. The summed E-state index contributed by atoms with van der Waals surface area (Å²) in [6.45, 7) is 4.40. The van der Waals surface area contributed by atoms with Crippen molar-refractivity contribution in [3.8, 4) is 5.75 Å². The molecule has 3 aromatic carbocycles. The minimum atomic E-state index is -1.01. The summed E-state index contributed by atoms with van der Waals surface area (Å²) in [6.07, 6.45) is -0.590. The van der Waals surface area contributed by atoms with Crippen molar-refractivity contribution in [3.63, 3.8) is 0 Å². The Morgan fingerprint density at radius 2 is 1.64 bits per heavy atom. The molecule has 0 saturated carbocycles. The van der Waals surface area contributed by atoms with Gasteiger partial charge in [-0.1, -0.05) is 66.7 Å². The van der Waals surface area contributed by atoms with Gasteiger partial charge in [0.05, 0.1) is 31.3 Å². The molecule has 5 rings (SSSR count). The largest absolute Gasteiger partial charge is 0.483 e. The van der Waals surface area contributed by atoms with Crippen LogP contribution in [0.1, 0.15) is 35.1 Å². The van der Waals surface area contributed by atoms with Gasteiger partial charge in [-0.25, -0.2) is 4.79 Å². The lowest BCUT2D eigenvalue weighted by Gasteiger charge is -2.29. The minimum absolute atomic E-state index is 0.000771. The molecule has 3 aromatic rings. The molecular formula is C35H43N3O7. The number of alkyl carbamates (subject to hydrolysis) is 1. The van der Waals surface area contributed by atoms with Gasteiger partial charge < -0.3 is 40.4 Å². The maximum atomic E-state index is 13.2. The van der Waals surface area contributed by atoms with Gasteiger partial charge in [-0.05, 0) is 62.3 Å². The molecule has 0 bridgehead atoms. The Balaban J connectivity index is 1.27. The first-order valence-electron chi connectivity index (χ1n) is 15.5. The number of nitrogens with two attached hydrogens (primary N) is 1. The van der Waals surface area contributed by atoms with Crippen LogP contribution >= 0.6 is 0 Å². The Kier molecular flexibility index (Phi) is 10.9. The maximum absolute atomic E-state index is 13.2. The number of carbonyl (C=O) groups excluding carboxylic acids is 2. The normalized spacial score (nSPS) is 20.9. The van der Waals surface area contributed by atoms with Crippen molar-refractivity contribution in [1.29, 1.82) is 0 Å². The fourth-order valence-corrected chi connectivity index (χ4v) is 6.04. The van der Waals surface area contributed by atoms with Crippen LogP contribution in [0.3, 0.4) is 0 Å². The lowest BCUT2D eigenvalue weighted by atomic mass is 9.93. The highest BCUT2D eigenvalue weighted by atomic mass is 16.7. The van der Waals surface area contributed by atoms with Crippen LogP contribution in [0.25, 0.3) is 0 Å². The van der Waals surface area contributed by atoms with Gasteiger partial charge in [0.15, 0.2) is 12.9 Å². The van der Waals surface area contributed by atoms with E-state index in [1.54, 1.807) is 0 Å². The molecule has 0 aromatic heterocycles. The van der Waals surface area contributed by atoms with Crippen molar-refractivity contribution >= 4 is 17.7 Å². The second-order valence-corrected chi connectivity index (χ2v) is 11.9. The van der Waals surface area contributed by atoms with Crippen LogP contribution in [0.4, 0.5) is 10.5 Å². The third-order valence-electron chi connectivity index (χ3n) is 8.52. The maximum Gasteiger partial charge on any atom is 0.407 e. The quantitative estimate of drug-likeness (QED) is 0.212. The molecule has 10 nitrogen and oxygen atoms in total. The Bertz CT molecular complexity index is 1420. The number of ether oxygens (including phenoxy) is 4. The Labute approximate surface area is 264 Å². The fourth-order valence-electron chi connectivity index (χ4n) is 6.04. The van der Waals surface area contributed by atoms with Gasteiger partial charge in [0.25, 0.3) is 5.91 Å². The number of benzene rings is 3. The number of amides is 2. The molecule has 10 heteroatoms. The molecule has 5 N–H and O–H groups in total. The summed E-state index contributed by atoms with van der Waals surface area (Å²) in [5.41, 5.74) is 10.2. The number of anilines is 1. The molecule has 0 aliphatic carbocycles. The number of fused-ring (bicyclic) bond motifs is 1. The minimum Gasteiger partial charge on any atom is -0.483 e. The SMILES string of the molecule is Cc1ccc(N)c(C)c1OCC(=O)N[C@@H](Cc1ccccc1)C[C@H](O)[C@H](Cc1ccccc1)NC(=O)O[C@H]1COC2OCCC21. The Hall–Kier alpha value is -4.12. The number of aryl methyl sites for hydroxylation is 1. The molecule has 2 heterocycles. The molecule has 240 valence electrons. The third kappa shape index (κ3) is 8.75. The number of hydrogen-bond donors (Lipinski definition) is 4. The van der Waals surface area contributed by atoms with E-state index in [0.717, 1.165) is 28.7 Å². The molecule has 2 unspecified atom stereocenters. The summed E-state index contributed by atoms with van der Waals surface area (Å²) in [7, 11) is 0. The monoisotopic (exact) mass is 617 g/mol. The topological polar surface area (TPSA) is 141 Å². The van der Waals surface area contributed by atoms with Gasteiger partial charge in [-0.3, -0.25) is 4.79 Å². The van der Waals surface area contributed by atoms with E-state index in [0.29, 0.717) is 30.9 Å². The molecule has 2 amide bonds. The summed E-state index contributed by atoms with van der Waals surface area (Å²) in [5.74, 6) is 0.255. The predicted molar refractivity (Wildman–Crippen MR) is 170 cm³/mol. The average Bonchev–Trinajstić information content (AvgIpc) is 3.65. The van der Waals surface area contributed by atoms with E-state index in [-0.39, 0.29) is 37.7 Å². The van der Waals surface area contributed by atoms with Crippen molar-refractivity contribution in [2.45, 2.75) is 70.1 Å². The van der Waals surface area contributed by atoms with Gasteiger partial charge in [-0.15, -0.1) is 0 Å². The Morgan fingerprint density at radius 1 is 0.956 bits per heavy atom. The molecule has 2 aliphatic heterocycles. The number of aliphatic hydroxyl groups excluding tert-OH is 1. The average molecular weight is 618 g/mol. The number of hydrogen-bond acceptors (Lipinski definition) is 8. The van der Waals surface area contributed by atoms with Gasteiger partial charge in [0.1, 0.15) is 11.9 Å². The molecule has 0 spiro atoms. The number of rotatable bonds is 13. The van der Waals surface area contributed by atoms with Crippen molar-refractivity contribution < 1.29 is 33.6 Å². The van der Waals surface area contributed by atoms with Crippen molar-refractivity contribution in [3.05, 3.63) is 95.1 Å². The highest BCUT2D eigenvalue weighted by Crippen LogP contribution is 2.33. The summed E-state index contributed by atoms with van der Waals surface area (Å²) in [4.78, 5) is 26.3. The Morgan fingerprint density at radius 3 is 2.36 bits per heavy atom. The van der Waals surface area contributed by atoms with Crippen LogP contribution in [0.2, 0.25) is 0 Å². The van der Waals surface area contributed by atoms with Crippen molar-refractivity contribution in [1.82, 2.24) is 10.6 Å².